The van der Waals surface area contributed by atoms with Gasteiger partial charge in [0.2, 0.25) is 0 Å². The third-order valence-corrected chi connectivity index (χ3v) is 11.0. The number of hydrogen-bond donors (Lipinski definition) is 0. The van der Waals surface area contributed by atoms with E-state index >= 15 is 0 Å². The number of aryl methyl sites for hydroxylation is 1. The summed E-state index contributed by atoms with van der Waals surface area (Å²) in [6, 6.07) is 6.21. The van der Waals surface area contributed by atoms with Gasteiger partial charge in [0.1, 0.15) is 5.75 Å². The van der Waals surface area contributed by atoms with Crippen LogP contribution in [0.3, 0.4) is 0 Å². The van der Waals surface area contributed by atoms with Gasteiger partial charge in [0.05, 0.1) is 6.10 Å². The molecule has 4 aliphatic rings. The number of hydrogen-bond acceptors (Lipinski definition) is 1. The van der Waals surface area contributed by atoms with Crippen molar-refractivity contribution in [2.24, 2.45) is 46.3 Å². The molecule has 4 saturated carbocycles. The van der Waals surface area contributed by atoms with Gasteiger partial charge in [0.15, 0.2) is 0 Å². The average molecular weight is 429 g/mol. The van der Waals surface area contributed by atoms with Crippen molar-refractivity contribution >= 4 is 11.6 Å². The minimum absolute atomic E-state index is 0.348. The van der Waals surface area contributed by atoms with Crippen molar-refractivity contribution < 1.29 is 4.74 Å². The zero-order valence-electron chi connectivity index (χ0n) is 19.7. The molecule has 0 aliphatic heterocycles. The Kier molecular flexibility index (Phi) is 5.24. The van der Waals surface area contributed by atoms with Crippen LogP contribution in [0.15, 0.2) is 18.2 Å². The molecular formula is C28H41ClO. The molecule has 4 fully saturated rings. The first kappa shape index (κ1) is 21.2. The molecule has 0 radical (unpaired) electrons. The molecule has 2 heteroatoms. The van der Waals surface area contributed by atoms with E-state index in [1.165, 1.54) is 51.4 Å². The molecular weight excluding hydrogens is 388 g/mol. The Hall–Kier alpha value is -0.690. The van der Waals surface area contributed by atoms with Gasteiger partial charge in [-0.2, -0.15) is 0 Å². The van der Waals surface area contributed by atoms with Crippen molar-refractivity contribution in [2.45, 2.75) is 92.1 Å². The van der Waals surface area contributed by atoms with Gasteiger partial charge < -0.3 is 4.74 Å². The monoisotopic (exact) mass is 428 g/mol. The van der Waals surface area contributed by atoms with Gasteiger partial charge in [-0.3, -0.25) is 0 Å². The van der Waals surface area contributed by atoms with Gasteiger partial charge in [-0.1, -0.05) is 58.2 Å². The van der Waals surface area contributed by atoms with E-state index in [1.54, 1.807) is 0 Å². The summed E-state index contributed by atoms with van der Waals surface area (Å²) in [5.41, 5.74) is 2.16. The Balaban J connectivity index is 1.39. The molecule has 0 amide bonds. The van der Waals surface area contributed by atoms with Gasteiger partial charge in [-0.25, -0.2) is 0 Å². The van der Waals surface area contributed by atoms with Crippen molar-refractivity contribution in [3.8, 4) is 5.75 Å². The first-order valence-corrected chi connectivity index (χ1v) is 13.0. The fourth-order valence-electron chi connectivity index (χ4n) is 9.04. The SMILES string of the molecule is Cc1ccc(O[C@H]2C[C@H]3[C@@H]4[C@@H](C)C[C@H]5C(C)CCC[C@]5(C)[C@H]4CC[C@]3(C)C2)cc1Cl. The highest BCUT2D eigenvalue weighted by molar-refractivity contribution is 6.31. The molecule has 0 N–H and O–H groups in total. The van der Waals surface area contributed by atoms with Crippen LogP contribution >= 0.6 is 11.6 Å². The topological polar surface area (TPSA) is 9.23 Å². The van der Waals surface area contributed by atoms with Gasteiger partial charge in [0.25, 0.3) is 0 Å². The zero-order chi connectivity index (χ0) is 21.3. The highest BCUT2D eigenvalue weighted by Crippen LogP contribution is 2.68. The predicted molar refractivity (Wildman–Crippen MR) is 126 cm³/mol. The van der Waals surface area contributed by atoms with Gasteiger partial charge in [0, 0.05) is 5.02 Å². The summed E-state index contributed by atoms with van der Waals surface area (Å²) in [5, 5.41) is 0.820. The Morgan fingerprint density at radius 3 is 2.53 bits per heavy atom. The third kappa shape index (κ3) is 3.25. The smallest absolute Gasteiger partial charge is 0.121 e. The number of benzene rings is 1. The zero-order valence-corrected chi connectivity index (χ0v) is 20.5. The molecule has 0 saturated heterocycles. The molecule has 0 spiro atoms. The first-order valence-electron chi connectivity index (χ1n) is 12.6. The Morgan fingerprint density at radius 2 is 1.77 bits per heavy atom. The van der Waals surface area contributed by atoms with Crippen LogP contribution in [0.4, 0.5) is 0 Å². The molecule has 5 rings (SSSR count). The Labute approximate surface area is 189 Å². The van der Waals surface area contributed by atoms with Crippen molar-refractivity contribution in [3.05, 3.63) is 28.8 Å². The summed E-state index contributed by atoms with van der Waals surface area (Å²) in [5.74, 6) is 6.35. The minimum atomic E-state index is 0.348. The van der Waals surface area contributed by atoms with E-state index in [0.717, 1.165) is 51.8 Å². The molecule has 1 aromatic rings. The van der Waals surface area contributed by atoms with E-state index in [9.17, 15) is 0 Å². The molecule has 1 aromatic carbocycles. The van der Waals surface area contributed by atoms with Crippen LogP contribution in [-0.4, -0.2) is 6.10 Å². The minimum Gasteiger partial charge on any atom is -0.490 e. The summed E-state index contributed by atoms with van der Waals surface area (Å²) in [7, 11) is 0. The lowest BCUT2D eigenvalue weighted by atomic mass is 9.42. The number of rotatable bonds is 2. The normalized spacial score (nSPS) is 47.9. The largest absolute Gasteiger partial charge is 0.490 e. The van der Waals surface area contributed by atoms with Crippen LogP contribution in [-0.2, 0) is 0 Å². The maximum Gasteiger partial charge on any atom is 0.121 e. The second-order valence-electron chi connectivity index (χ2n) is 12.3. The second kappa shape index (κ2) is 7.43. The standard InChI is InChI=1S/C28H41ClO/c1-17-7-6-11-28(5)22-10-12-27(4)16-21(30-20-9-8-18(2)25(29)15-20)14-24(27)26(22)19(3)13-23(17)28/h8-9,15,17,19,21-24,26H,6-7,10-14,16H2,1-5H3/t17?,19-,21-,22-,23-,24-,26+,27+,28+/m0/s1. The summed E-state index contributed by atoms with van der Waals surface area (Å²) in [6.45, 7) is 12.5. The Morgan fingerprint density at radius 1 is 0.967 bits per heavy atom. The van der Waals surface area contributed by atoms with E-state index in [0.29, 0.717) is 16.9 Å². The summed E-state index contributed by atoms with van der Waals surface area (Å²) < 4.78 is 6.55. The van der Waals surface area contributed by atoms with Crippen molar-refractivity contribution in [1.29, 1.82) is 0 Å². The fourth-order valence-corrected chi connectivity index (χ4v) is 9.21. The lowest BCUT2D eigenvalue weighted by molar-refractivity contribution is -0.141. The molecule has 1 unspecified atom stereocenters. The van der Waals surface area contributed by atoms with Crippen LogP contribution in [0.25, 0.3) is 0 Å². The lowest BCUT2D eigenvalue weighted by Gasteiger charge is -2.63. The Bertz CT molecular complexity index is 804. The molecule has 1 nitrogen and oxygen atoms in total. The van der Waals surface area contributed by atoms with E-state index in [4.69, 9.17) is 16.3 Å². The maximum absolute atomic E-state index is 6.55. The highest BCUT2D eigenvalue weighted by Gasteiger charge is 2.61. The maximum atomic E-state index is 6.55. The van der Waals surface area contributed by atoms with Crippen LogP contribution in [0.1, 0.15) is 84.6 Å². The van der Waals surface area contributed by atoms with Crippen LogP contribution in [0.5, 0.6) is 5.75 Å². The number of halogens is 1. The first-order chi connectivity index (χ1) is 14.2. The molecule has 0 bridgehead atoms. The fraction of sp³-hybridized carbons (Fsp3) is 0.786. The van der Waals surface area contributed by atoms with Gasteiger partial charge in [-0.15, -0.1) is 0 Å². The predicted octanol–water partition coefficient (Wildman–Crippen LogP) is 8.32. The quantitative estimate of drug-likeness (QED) is 0.460. The third-order valence-electron chi connectivity index (χ3n) is 10.5. The molecule has 0 heterocycles. The molecule has 4 aliphatic carbocycles. The average Bonchev–Trinajstić information content (AvgIpc) is 3.02. The van der Waals surface area contributed by atoms with Crippen molar-refractivity contribution in [2.75, 3.05) is 0 Å². The summed E-state index contributed by atoms with van der Waals surface area (Å²) >= 11 is 6.37. The summed E-state index contributed by atoms with van der Waals surface area (Å²) in [6.07, 6.45) is 11.5. The van der Waals surface area contributed by atoms with Crippen molar-refractivity contribution in [1.82, 2.24) is 0 Å². The number of fused-ring (bicyclic) bond motifs is 5. The van der Waals surface area contributed by atoms with Crippen LogP contribution in [0, 0.1) is 53.3 Å². The molecule has 166 valence electrons. The highest BCUT2D eigenvalue weighted by atomic mass is 35.5. The van der Waals surface area contributed by atoms with E-state index in [2.05, 4.69) is 46.8 Å². The second-order valence-corrected chi connectivity index (χ2v) is 12.7. The van der Waals surface area contributed by atoms with Crippen LogP contribution < -0.4 is 4.74 Å². The van der Waals surface area contributed by atoms with Gasteiger partial charge >= 0.3 is 0 Å². The number of ether oxygens (including phenoxy) is 1. The molecule has 30 heavy (non-hydrogen) atoms. The summed E-state index contributed by atoms with van der Waals surface area (Å²) in [4.78, 5) is 0. The molecule has 0 aromatic heterocycles. The van der Waals surface area contributed by atoms with E-state index in [1.807, 2.05) is 6.07 Å². The van der Waals surface area contributed by atoms with E-state index < -0.39 is 0 Å². The lowest BCUT2D eigenvalue weighted by Crippen LogP contribution is -2.56. The van der Waals surface area contributed by atoms with Crippen molar-refractivity contribution in [3.63, 3.8) is 0 Å². The van der Waals surface area contributed by atoms with E-state index in [-0.39, 0.29) is 0 Å². The van der Waals surface area contributed by atoms with Crippen LogP contribution in [0.2, 0.25) is 5.02 Å². The molecule has 9 atom stereocenters. The van der Waals surface area contributed by atoms with Gasteiger partial charge in [-0.05, 0) is 109 Å².